The molecule has 0 spiro atoms. The molecule has 0 amide bonds. The van der Waals surface area contributed by atoms with E-state index in [-0.39, 0.29) is 5.56 Å². The summed E-state index contributed by atoms with van der Waals surface area (Å²) >= 11 is 0. The van der Waals surface area contributed by atoms with Gasteiger partial charge in [0.2, 0.25) is 5.88 Å². The number of benzene rings is 1. The largest absolute Gasteiger partial charge is 0.573 e. The molecule has 0 aliphatic rings. The standard InChI is InChI=1S/C14H7F8NO2/c15-12(16)24-11-10(5-8(6-23-11)13(17,18)19)7-1-3-9(4-2-7)25-14(20,21)22/h1-6,12H. The van der Waals surface area contributed by atoms with E-state index >= 15 is 0 Å². The number of rotatable bonds is 4. The van der Waals surface area contributed by atoms with E-state index in [1.54, 1.807) is 0 Å². The van der Waals surface area contributed by atoms with Gasteiger partial charge in [-0.3, -0.25) is 0 Å². The van der Waals surface area contributed by atoms with E-state index in [1.165, 1.54) is 0 Å². The predicted molar refractivity (Wildman–Crippen MR) is 68.0 cm³/mol. The van der Waals surface area contributed by atoms with Gasteiger partial charge in [0.15, 0.2) is 0 Å². The molecule has 0 radical (unpaired) electrons. The van der Waals surface area contributed by atoms with E-state index in [9.17, 15) is 35.1 Å². The van der Waals surface area contributed by atoms with E-state index < -0.39 is 41.9 Å². The van der Waals surface area contributed by atoms with Gasteiger partial charge in [-0.05, 0) is 23.8 Å². The summed E-state index contributed by atoms with van der Waals surface area (Å²) in [6.45, 7) is -3.35. The average molecular weight is 373 g/mol. The number of alkyl halides is 8. The topological polar surface area (TPSA) is 31.4 Å². The summed E-state index contributed by atoms with van der Waals surface area (Å²) in [4.78, 5) is 3.21. The Morgan fingerprint density at radius 3 is 2.00 bits per heavy atom. The van der Waals surface area contributed by atoms with Crippen LogP contribution in [0.25, 0.3) is 11.1 Å². The lowest BCUT2D eigenvalue weighted by Crippen LogP contribution is -2.17. The third-order valence-corrected chi connectivity index (χ3v) is 2.78. The SMILES string of the molecule is FC(F)Oc1ncc(C(F)(F)F)cc1-c1ccc(OC(F)(F)F)cc1. The minimum absolute atomic E-state index is 0.122. The van der Waals surface area contributed by atoms with Crippen LogP contribution in [-0.4, -0.2) is 18.0 Å². The van der Waals surface area contributed by atoms with Crippen LogP contribution in [0.15, 0.2) is 36.5 Å². The lowest BCUT2D eigenvalue weighted by Gasteiger charge is -2.14. The molecule has 0 atom stereocenters. The second-order valence-corrected chi connectivity index (χ2v) is 4.53. The zero-order valence-electron chi connectivity index (χ0n) is 11.8. The molecule has 25 heavy (non-hydrogen) atoms. The number of nitrogens with zero attached hydrogens (tertiary/aromatic N) is 1. The molecule has 0 aliphatic carbocycles. The number of aromatic nitrogens is 1. The molecule has 1 aromatic heterocycles. The molecule has 0 bridgehead atoms. The highest BCUT2D eigenvalue weighted by Gasteiger charge is 2.33. The van der Waals surface area contributed by atoms with Gasteiger partial charge in [-0.2, -0.15) is 22.0 Å². The third kappa shape index (κ3) is 5.19. The summed E-state index contributed by atoms with van der Waals surface area (Å²) in [6.07, 6.45) is -9.45. The Labute approximate surface area is 134 Å². The molecule has 136 valence electrons. The number of halogens is 8. The van der Waals surface area contributed by atoms with Crippen LogP contribution in [0.5, 0.6) is 11.6 Å². The number of hydrogen-bond donors (Lipinski definition) is 0. The van der Waals surface area contributed by atoms with Crippen molar-refractivity contribution in [1.29, 1.82) is 0 Å². The van der Waals surface area contributed by atoms with Crippen molar-refractivity contribution in [3.8, 4) is 22.8 Å². The van der Waals surface area contributed by atoms with Crippen molar-refractivity contribution in [1.82, 2.24) is 4.98 Å². The van der Waals surface area contributed by atoms with Gasteiger partial charge in [0.1, 0.15) is 5.75 Å². The van der Waals surface area contributed by atoms with Crippen LogP contribution in [0.4, 0.5) is 35.1 Å². The Hall–Kier alpha value is -2.59. The van der Waals surface area contributed by atoms with Gasteiger partial charge in [-0.1, -0.05) is 12.1 Å². The monoisotopic (exact) mass is 373 g/mol. The van der Waals surface area contributed by atoms with Crippen molar-refractivity contribution in [3.63, 3.8) is 0 Å². The maximum Gasteiger partial charge on any atom is 0.573 e. The smallest absolute Gasteiger partial charge is 0.416 e. The second kappa shape index (κ2) is 6.73. The van der Waals surface area contributed by atoms with Crippen LogP contribution in [0.1, 0.15) is 5.56 Å². The Bertz CT molecular complexity index is 725. The van der Waals surface area contributed by atoms with Gasteiger partial charge in [-0.25, -0.2) is 4.98 Å². The van der Waals surface area contributed by atoms with Gasteiger partial charge < -0.3 is 9.47 Å². The quantitative estimate of drug-likeness (QED) is 0.685. The second-order valence-electron chi connectivity index (χ2n) is 4.53. The summed E-state index contributed by atoms with van der Waals surface area (Å²) in [6, 6.07) is 4.04. The predicted octanol–water partition coefficient (Wildman–Crippen LogP) is 5.27. The molecule has 1 aromatic carbocycles. The van der Waals surface area contributed by atoms with Crippen LogP contribution in [0.2, 0.25) is 0 Å². The summed E-state index contributed by atoms with van der Waals surface area (Å²) in [7, 11) is 0. The Kier molecular flexibility index (Phi) is 5.04. The zero-order chi connectivity index (χ0) is 18.8. The molecule has 0 unspecified atom stereocenters. The summed E-state index contributed by atoms with van der Waals surface area (Å²) in [5.74, 6) is -1.43. The maximum absolute atomic E-state index is 12.8. The molecular weight excluding hydrogens is 366 g/mol. The first-order valence-electron chi connectivity index (χ1n) is 6.34. The average Bonchev–Trinajstić information content (AvgIpc) is 2.45. The summed E-state index contributed by atoms with van der Waals surface area (Å²) in [5.41, 5.74) is -1.82. The minimum Gasteiger partial charge on any atom is -0.416 e. The highest BCUT2D eigenvalue weighted by atomic mass is 19.4. The first-order chi connectivity index (χ1) is 11.5. The third-order valence-electron chi connectivity index (χ3n) is 2.78. The molecular formula is C14H7F8NO2. The van der Waals surface area contributed by atoms with Crippen molar-refractivity contribution in [3.05, 3.63) is 42.1 Å². The van der Waals surface area contributed by atoms with Crippen LogP contribution >= 0.6 is 0 Å². The van der Waals surface area contributed by atoms with Crippen molar-refractivity contribution >= 4 is 0 Å². The van der Waals surface area contributed by atoms with E-state index in [2.05, 4.69) is 14.5 Å². The molecule has 3 nitrogen and oxygen atoms in total. The normalized spacial score (nSPS) is 12.4. The molecule has 2 rings (SSSR count). The molecule has 0 saturated heterocycles. The van der Waals surface area contributed by atoms with Crippen molar-refractivity contribution < 1.29 is 44.6 Å². The van der Waals surface area contributed by atoms with Crippen molar-refractivity contribution in [2.24, 2.45) is 0 Å². The van der Waals surface area contributed by atoms with E-state index in [0.717, 1.165) is 24.3 Å². The lowest BCUT2D eigenvalue weighted by molar-refractivity contribution is -0.274. The van der Waals surface area contributed by atoms with Gasteiger partial charge in [-0.15, -0.1) is 13.2 Å². The van der Waals surface area contributed by atoms with E-state index in [1.807, 2.05) is 0 Å². The molecule has 0 fully saturated rings. The number of hydrogen-bond acceptors (Lipinski definition) is 3. The van der Waals surface area contributed by atoms with E-state index in [4.69, 9.17) is 0 Å². The van der Waals surface area contributed by atoms with Gasteiger partial charge in [0.25, 0.3) is 0 Å². The number of pyridine rings is 1. The van der Waals surface area contributed by atoms with Crippen LogP contribution < -0.4 is 9.47 Å². The highest BCUT2D eigenvalue weighted by Crippen LogP contribution is 2.37. The Morgan fingerprint density at radius 1 is 0.920 bits per heavy atom. The van der Waals surface area contributed by atoms with Gasteiger partial charge in [0, 0.05) is 11.8 Å². The van der Waals surface area contributed by atoms with E-state index in [0.29, 0.717) is 12.3 Å². The fourth-order valence-electron chi connectivity index (χ4n) is 1.83. The first kappa shape index (κ1) is 18.7. The lowest BCUT2D eigenvalue weighted by atomic mass is 10.0. The van der Waals surface area contributed by atoms with Crippen LogP contribution in [0.3, 0.4) is 0 Å². The van der Waals surface area contributed by atoms with Crippen molar-refractivity contribution in [2.45, 2.75) is 19.2 Å². The Balaban J connectivity index is 2.44. The molecule has 11 heteroatoms. The fourth-order valence-corrected chi connectivity index (χ4v) is 1.83. The molecule has 2 aromatic rings. The maximum atomic E-state index is 12.8. The molecule has 0 aliphatic heterocycles. The molecule has 1 heterocycles. The number of ether oxygens (including phenoxy) is 2. The fraction of sp³-hybridized carbons (Fsp3) is 0.214. The zero-order valence-corrected chi connectivity index (χ0v) is 11.8. The van der Waals surface area contributed by atoms with Crippen LogP contribution in [-0.2, 0) is 6.18 Å². The summed E-state index contributed by atoms with van der Waals surface area (Å²) < 4.78 is 107. The van der Waals surface area contributed by atoms with Gasteiger partial charge >= 0.3 is 19.2 Å². The highest BCUT2D eigenvalue weighted by molar-refractivity contribution is 5.70. The minimum atomic E-state index is -4.96. The Morgan fingerprint density at radius 2 is 1.52 bits per heavy atom. The van der Waals surface area contributed by atoms with Crippen molar-refractivity contribution in [2.75, 3.05) is 0 Å². The van der Waals surface area contributed by atoms with Crippen LogP contribution in [0, 0.1) is 0 Å². The van der Waals surface area contributed by atoms with Gasteiger partial charge in [0.05, 0.1) is 5.56 Å². The summed E-state index contributed by atoms with van der Waals surface area (Å²) in [5, 5.41) is 0. The molecule has 0 N–H and O–H groups in total. The molecule has 0 saturated carbocycles. The first-order valence-corrected chi connectivity index (χ1v) is 6.34.